The van der Waals surface area contributed by atoms with Crippen molar-refractivity contribution in [3.05, 3.63) is 22.2 Å². The lowest BCUT2D eigenvalue weighted by molar-refractivity contribution is -0.0121. The summed E-state index contributed by atoms with van der Waals surface area (Å²) in [6, 6.07) is 3.93. The van der Waals surface area contributed by atoms with Gasteiger partial charge in [-0.2, -0.15) is 0 Å². The Morgan fingerprint density at radius 2 is 1.95 bits per heavy atom. The second-order valence-electron chi connectivity index (χ2n) is 4.86. The van der Waals surface area contributed by atoms with Crippen molar-refractivity contribution in [3.8, 4) is 11.5 Å². The summed E-state index contributed by atoms with van der Waals surface area (Å²) >= 11 is 3.51. The molecule has 0 radical (unpaired) electrons. The normalized spacial score (nSPS) is 11.5. The monoisotopic (exact) mass is 345 g/mol. The van der Waals surface area contributed by atoms with E-state index in [0.29, 0.717) is 24.3 Å². The predicted molar refractivity (Wildman–Crippen MR) is 84.5 cm³/mol. The van der Waals surface area contributed by atoms with Gasteiger partial charge in [-0.3, -0.25) is 0 Å². The molecule has 0 unspecified atom stereocenters. The molecule has 0 bridgehead atoms. The van der Waals surface area contributed by atoms with Gasteiger partial charge in [0, 0.05) is 6.54 Å². The zero-order chi connectivity index (χ0) is 15.2. The Labute approximate surface area is 129 Å². The standard InChI is InChI=1S/C15H24BrNO3/c1-5-15(18,6-2)10-20-14-12(16)7-11(9-17-3)8-13(14)19-4/h7-8,17-18H,5-6,9-10H2,1-4H3. The summed E-state index contributed by atoms with van der Waals surface area (Å²) in [7, 11) is 3.51. The molecule has 114 valence electrons. The fraction of sp³-hybridized carbons (Fsp3) is 0.600. The molecule has 0 saturated carbocycles. The first-order valence-electron chi connectivity index (χ1n) is 6.85. The van der Waals surface area contributed by atoms with Crippen LogP contribution in [0.25, 0.3) is 0 Å². The quantitative estimate of drug-likeness (QED) is 0.760. The third-order valence-corrected chi connectivity index (χ3v) is 4.06. The van der Waals surface area contributed by atoms with Crippen LogP contribution in [0.3, 0.4) is 0 Å². The molecule has 1 aromatic rings. The van der Waals surface area contributed by atoms with Gasteiger partial charge in [-0.25, -0.2) is 0 Å². The topological polar surface area (TPSA) is 50.7 Å². The Morgan fingerprint density at radius 1 is 1.30 bits per heavy atom. The van der Waals surface area contributed by atoms with Crippen molar-refractivity contribution in [3.63, 3.8) is 0 Å². The van der Waals surface area contributed by atoms with E-state index in [-0.39, 0.29) is 6.61 Å². The molecule has 0 aliphatic carbocycles. The number of nitrogens with one attached hydrogen (secondary N) is 1. The van der Waals surface area contributed by atoms with Gasteiger partial charge in [-0.05, 0) is 53.5 Å². The predicted octanol–water partition coefficient (Wildman–Crippen LogP) is 3.11. The van der Waals surface area contributed by atoms with E-state index < -0.39 is 5.60 Å². The van der Waals surface area contributed by atoms with Crippen molar-refractivity contribution in [2.45, 2.75) is 38.8 Å². The molecule has 4 nitrogen and oxygen atoms in total. The first-order chi connectivity index (χ1) is 9.49. The van der Waals surface area contributed by atoms with Crippen molar-refractivity contribution in [2.24, 2.45) is 0 Å². The molecule has 0 heterocycles. The van der Waals surface area contributed by atoms with Gasteiger partial charge < -0.3 is 19.9 Å². The van der Waals surface area contributed by atoms with E-state index in [4.69, 9.17) is 9.47 Å². The van der Waals surface area contributed by atoms with Gasteiger partial charge in [-0.15, -0.1) is 0 Å². The maximum atomic E-state index is 10.3. The van der Waals surface area contributed by atoms with Crippen LogP contribution < -0.4 is 14.8 Å². The fourth-order valence-corrected chi connectivity index (χ4v) is 2.48. The highest BCUT2D eigenvalue weighted by atomic mass is 79.9. The van der Waals surface area contributed by atoms with Crippen LogP contribution in [-0.2, 0) is 6.54 Å². The van der Waals surface area contributed by atoms with Crippen LogP contribution in [0.5, 0.6) is 11.5 Å². The highest BCUT2D eigenvalue weighted by Gasteiger charge is 2.24. The number of rotatable bonds is 8. The average Bonchev–Trinajstić information content (AvgIpc) is 2.45. The number of ether oxygens (including phenoxy) is 2. The molecule has 0 atom stereocenters. The van der Waals surface area contributed by atoms with Crippen LogP contribution in [0.1, 0.15) is 32.3 Å². The van der Waals surface area contributed by atoms with Gasteiger partial charge in [0.25, 0.3) is 0 Å². The van der Waals surface area contributed by atoms with Crippen molar-refractivity contribution < 1.29 is 14.6 Å². The second-order valence-corrected chi connectivity index (χ2v) is 5.71. The summed E-state index contributed by atoms with van der Waals surface area (Å²) in [5.74, 6) is 1.30. The van der Waals surface area contributed by atoms with E-state index in [1.807, 2.05) is 33.0 Å². The molecule has 0 fully saturated rings. The van der Waals surface area contributed by atoms with Gasteiger partial charge >= 0.3 is 0 Å². The third-order valence-electron chi connectivity index (χ3n) is 3.47. The van der Waals surface area contributed by atoms with E-state index in [2.05, 4.69) is 21.2 Å². The molecule has 2 N–H and O–H groups in total. The Hall–Kier alpha value is -0.780. The minimum Gasteiger partial charge on any atom is -0.493 e. The van der Waals surface area contributed by atoms with E-state index in [0.717, 1.165) is 16.6 Å². The third kappa shape index (κ3) is 4.36. The number of methoxy groups -OCH3 is 1. The first kappa shape index (κ1) is 17.3. The highest BCUT2D eigenvalue weighted by molar-refractivity contribution is 9.10. The maximum absolute atomic E-state index is 10.3. The number of hydrogen-bond acceptors (Lipinski definition) is 4. The smallest absolute Gasteiger partial charge is 0.175 e. The van der Waals surface area contributed by atoms with Crippen LogP contribution in [0.2, 0.25) is 0 Å². The lowest BCUT2D eigenvalue weighted by atomic mass is 9.99. The van der Waals surface area contributed by atoms with Crippen LogP contribution in [0.4, 0.5) is 0 Å². The second kappa shape index (κ2) is 7.86. The maximum Gasteiger partial charge on any atom is 0.175 e. The summed E-state index contributed by atoms with van der Waals surface area (Å²) in [5.41, 5.74) is 0.304. The largest absolute Gasteiger partial charge is 0.493 e. The fourth-order valence-electron chi connectivity index (χ4n) is 1.88. The molecule has 0 aliphatic rings. The van der Waals surface area contributed by atoms with E-state index >= 15 is 0 Å². The molecule has 0 spiro atoms. The lowest BCUT2D eigenvalue weighted by Crippen LogP contribution is -2.34. The summed E-state index contributed by atoms with van der Waals surface area (Å²) < 4.78 is 12.0. The molecule has 1 rings (SSSR count). The molecule has 20 heavy (non-hydrogen) atoms. The summed E-state index contributed by atoms with van der Waals surface area (Å²) in [6.07, 6.45) is 1.31. The van der Waals surface area contributed by atoms with Crippen molar-refractivity contribution in [1.82, 2.24) is 5.32 Å². The SMILES string of the molecule is CCC(O)(CC)COc1c(Br)cc(CNC)cc1OC. The molecule has 1 aromatic carbocycles. The molecule has 0 aliphatic heterocycles. The number of aliphatic hydroxyl groups is 1. The number of benzene rings is 1. The van der Waals surface area contributed by atoms with E-state index in [9.17, 15) is 5.11 Å². The average molecular weight is 346 g/mol. The molecular formula is C15H24BrNO3. The Bertz CT molecular complexity index is 433. The zero-order valence-corrected chi connectivity index (χ0v) is 14.2. The first-order valence-corrected chi connectivity index (χ1v) is 7.65. The van der Waals surface area contributed by atoms with Gasteiger partial charge in [0.05, 0.1) is 17.2 Å². The van der Waals surface area contributed by atoms with Crippen molar-refractivity contribution in [1.29, 1.82) is 0 Å². The van der Waals surface area contributed by atoms with Crippen LogP contribution in [-0.4, -0.2) is 31.5 Å². The molecule has 0 aromatic heterocycles. The van der Waals surface area contributed by atoms with Gasteiger partial charge in [0.15, 0.2) is 11.5 Å². The van der Waals surface area contributed by atoms with E-state index in [1.54, 1.807) is 7.11 Å². The minimum atomic E-state index is -0.798. The summed E-state index contributed by atoms with van der Waals surface area (Å²) in [5, 5.41) is 13.4. The van der Waals surface area contributed by atoms with E-state index in [1.165, 1.54) is 0 Å². The van der Waals surface area contributed by atoms with Crippen LogP contribution in [0.15, 0.2) is 16.6 Å². The van der Waals surface area contributed by atoms with Gasteiger partial charge in [0.1, 0.15) is 6.61 Å². The highest BCUT2D eigenvalue weighted by Crippen LogP contribution is 2.37. The van der Waals surface area contributed by atoms with Gasteiger partial charge in [-0.1, -0.05) is 13.8 Å². The van der Waals surface area contributed by atoms with Crippen molar-refractivity contribution >= 4 is 15.9 Å². The van der Waals surface area contributed by atoms with Crippen LogP contribution >= 0.6 is 15.9 Å². The Kier molecular flexibility index (Phi) is 6.79. The molecule has 0 amide bonds. The van der Waals surface area contributed by atoms with Crippen LogP contribution in [0, 0.1) is 0 Å². The summed E-state index contributed by atoms with van der Waals surface area (Å²) in [6.45, 7) is 4.91. The van der Waals surface area contributed by atoms with Gasteiger partial charge in [0.2, 0.25) is 0 Å². The molecule has 0 saturated heterocycles. The Morgan fingerprint density at radius 3 is 2.45 bits per heavy atom. The number of hydrogen-bond donors (Lipinski definition) is 2. The number of halogens is 1. The lowest BCUT2D eigenvalue weighted by Gasteiger charge is -2.26. The molecular weight excluding hydrogens is 322 g/mol. The van der Waals surface area contributed by atoms with Crippen molar-refractivity contribution in [2.75, 3.05) is 20.8 Å². The Balaban J connectivity index is 2.94. The zero-order valence-electron chi connectivity index (χ0n) is 12.6. The summed E-state index contributed by atoms with van der Waals surface area (Å²) in [4.78, 5) is 0. The molecule has 5 heteroatoms. The minimum absolute atomic E-state index is 0.250.